The van der Waals surface area contributed by atoms with Crippen molar-refractivity contribution < 1.29 is 17.5 Å². The summed E-state index contributed by atoms with van der Waals surface area (Å²) in [5, 5.41) is 3.07. The highest BCUT2D eigenvalue weighted by Gasteiger charge is 2.25. The SMILES string of the molecule is COc1ccc(S(=O)(=O)NC2CCNC2)c(C)c1F.Cl. The number of sulfonamides is 1. The van der Waals surface area contributed by atoms with Gasteiger partial charge >= 0.3 is 0 Å². The zero-order valence-electron chi connectivity index (χ0n) is 11.3. The van der Waals surface area contributed by atoms with E-state index in [9.17, 15) is 12.8 Å². The molecular formula is C12H18ClFN2O3S. The summed E-state index contributed by atoms with van der Waals surface area (Å²) in [6, 6.07) is 2.54. The summed E-state index contributed by atoms with van der Waals surface area (Å²) < 4.78 is 45.7. The van der Waals surface area contributed by atoms with Gasteiger partial charge in [0.1, 0.15) is 0 Å². The number of benzene rings is 1. The molecule has 1 atom stereocenters. The molecule has 0 saturated carbocycles. The molecule has 2 rings (SSSR count). The van der Waals surface area contributed by atoms with Crippen LogP contribution in [0.25, 0.3) is 0 Å². The van der Waals surface area contributed by atoms with Crippen molar-refractivity contribution in [1.29, 1.82) is 0 Å². The quantitative estimate of drug-likeness (QED) is 0.873. The van der Waals surface area contributed by atoms with Crippen molar-refractivity contribution >= 4 is 22.4 Å². The maximum atomic E-state index is 13.9. The maximum absolute atomic E-state index is 13.9. The summed E-state index contributed by atoms with van der Waals surface area (Å²) in [6.07, 6.45) is 0.733. The Morgan fingerprint density at radius 2 is 2.15 bits per heavy atom. The van der Waals surface area contributed by atoms with E-state index < -0.39 is 15.8 Å². The standard InChI is InChI=1S/C12H17FN2O3S.ClH/c1-8-11(4-3-10(18-2)12(8)13)19(16,17)15-9-5-6-14-7-9;/h3-4,9,14-15H,5-7H2,1-2H3;1H. The summed E-state index contributed by atoms with van der Waals surface area (Å²) in [7, 11) is -2.37. The number of hydrogen-bond acceptors (Lipinski definition) is 4. The van der Waals surface area contributed by atoms with Crippen LogP contribution < -0.4 is 14.8 Å². The lowest BCUT2D eigenvalue weighted by Crippen LogP contribution is -2.36. The third-order valence-electron chi connectivity index (χ3n) is 3.19. The van der Waals surface area contributed by atoms with Gasteiger partial charge in [-0.15, -0.1) is 12.4 Å². The third-order valence-corrected chi connectivity index (χ3v) is 4.86. The number of nitrogens with one attached hydrogen (secondary N) is 2. The molecule has 20 heavy (non-hydrogen) atoms. The highest BCUT2D eigenvalue weighted by molar-refractivity contribution is 7.89. The Kier molecular flexibility index (Phi) is 5.76. The van der Waals surface area contributed by atoms with Crippen LogP contribution in [-0.2, 0) is 10.0 Å². The molecule has 1 aromatic rings. The Labute approximate surface area is 124 Å². The van der Waals surface area contributed by atoms with E-state index in [2.05, 4.69) is 10.0 Å². The van der Waals surface area contributed by atoms with Crippen LogP contribution in [0.2, 0.25) is 0 Å². The van der Waals surface area contributed by atoms with Gasteiger partial charge in [0, 0.05) is 18.2 Å². The molecule has 0 aromatic heterocycles. The van der Waals surface area contributed by atoms with E-state index in [1.807, 2.05) is 0 Å². The van der Waals surface area contributed by atoms with Crippen molar-refractivity contribution in [2.75, 3.05) is 20.2 Å². The molecule has 0 radical (unpaired) electrons. The minimum absolute atomic E-state index is 0. The molecule has 5 nitrogen and oxygen atoms in total. The van der Waals surface area contributed by atoms with Gasteiger partial charge in [0.15, 0.2) is 11.6 Å². The summed E-state index contributed by atoms with van der Waals surface area (Å²) in [6.45, 7) is 2.80. The first-order valence-corrected chi connectivity index (χ1v) is 7.50. The normalized spacial score (nSPS) is 18.6. The molecule has 8 heteroatoms. The van der Waals surface area contributed by atoms with E-state index in [0.717, 1.165) is 13.0 Å². The Balaban J connectivity index is 0.00000200. The van der Waals surface area contributed by atoms with Gasteiger partial charge in [-0.05, 0) is 32.0 Å². The van der Waals surface area contributed by atoms with E-state index in [1.165, 1.54) is 26.2 Å². The number of hydrogen-bond donors (Lipinski definition) is 2. The number of methoxy groups -OCH3 is 1. The number of rotatable bonds is 4. The largest absolute Gasteiger partial charge is 0.494 e. The lowest BCUT2D eigenvalue weighted by atomic mass is 10.2. The van der Waals surface area contributed by atoms with E-state index in [-0.39, 0.29) is 34.7 Å². The predicted octanol–water partition coefficient (Wildman–Crippen LogP) is 1.20. The Morgan fingerprint density at radius 3 is 2.70 bits per heavy atom. The number of halogens is 2. The Morgan fingerprint density at radius 1 is 1.45 bits per heavy atom. The second-order valence-corrected chi connectivity index (χ2v) is 6.20. The molecule has 1 unspecified atom stereocenters. The van der Waals surface area contributed by atoms with Gasteiger partial charge in [0.25, 0.3) is 0 Å². The molecule has 1 saturated heterocycles. The first kappa shape index (κ1) is 17.2. The van der Waals surface area contributed by atoms with Crippen LogP contribution in [0.5, 0.6) is 5.75 Å². The fourth-order valence-electron chi connectivity index (χ4n) is 2.13. The van der Waals surface area contributed by atoms with Gasteiger partial charge in [0.2, 0.25) is 10.0 Å². The van der Waals surface area contributed by atoms with Crippen LogP contribution in [0.3, 0.4) is 0 Å². The summed E-state index contributed by atoms with van der Waals surface area (Å²) >= 11 is 0. The lowest BCUT2D eigenvalue weighted by Gasteiger charge is -2.15. The fraction of sp³-hybridized carbons (Fsp3) is 0.500. The predicted molar refractivity (Wildman–Crippen MR) is 76.5 cm³/mol. The molecule has 114 valence electrons. The zero-order chi connectivity index (χ0) is 14.0. The van der Waals surface area contributed by atoms with E-state index in [4.69, 9.17) is 4.74 Å². The molecule has 1 aromatic carbocycles. The van der Waals surface area contributed by atoms with Crippen LogP contribution in [0.15, 0.2) is 17.0 Å². The molecular weight excluding hydrogens is 307 g/mol. The van der Waals surface area contributed by atoms with Crippen molar-refractivity contribution in [2.24, 2.45) is 0 Å². The highest BCUT2D eigenvalue weighted by atomic mass is 35.5. The molecule has 1 aliphatic rings. The molecule has 0 spiro atoms. The molecule has 1 heterocycles. The summed E-state index contributed by atoms with van der Waals surface area (Å²) in [4.78, 5) is -0.0438. The van der Waals surface area contributed by atoms with E-state index in [0.29, 0.717) is 6.54 Å². The average Bonchev–Trinajstić information content (AvgIpc) is 2.84. The van der Waals surface area contributed by atoms with Crippen LogP contribution in [-0.4, -0.2) is 34.7 Å². The van der Waals surface area contributed by atoms with Crippen molar-refractivity contribution in [2.45, 2.75) is 24.3 Å². The number of ether oxygens (including phenoxy) is 1. The van der Waals surface area contributed by atoms with Crippen molar-refractivity contribution in [3.8, 4) is 5.75 Å². The van der Waals surface area contributed by atoms with Gasteiger partial charge in [0.05, 0.1) is 12.0 Å². The minimum atomic E-state index is -3.71. The Hall–Kier alpha value is -0.890. The molecule has 1 aliphatic heterocycles. The first-order valence-electron chi connectivity index (χ1n) is 6.02. The Bertz CT molecular complexity index is 574. The summed E-state index contributed by atoms with van der Waals surface area (Å²) in [5.41, 5.74) is 0.0674. The van der Waals surface area contributed by atoms with Gasteiger partial charge in [-0.25, -0.2) is 17.5 Å². The van der Waals surface area contributed by atoms with Crippen LogP contribution in [0.4, 0.5) is 4.39 Å². The van der Waals surface area contributed by atoms with E-state index in [1.54, 1.807) is 0 Å². The van der Waals surface area contributed by atoms with Gasteiger partial charge < -0.3 is 10.1 Å². The van der Waals surface area contributed by atoms with E-state index >= 15 is 0 Å². The maximum Gasteiger partial charge on any atom is 0.241 e. The molecule has 1 fully saturated rings. The summed E-state index contributed by atoms with van der Waals surface area (Å²) in [5.74, 6) is -0.603. The molecule has 0 amide bonds. The molecule has 0 aliphatic carbocycles. The van der Waals surface area contributed by atoms with Gasteiger partial charge in [-0.3, -0.25) is 0 Å². The highest BCUT2D eigenvalue weighted by Crippen LogP contribution is 2.26. The molecule has 2 N–H and O–H groups in total. The second kappa shape index (κ2) is 6.71. The molecule has 0 bridgehead atoms. The third kappa shape index (κ3) is 3.41. The average molecular weight is 325 g/mol. The van der Waals surface area contributed by atoms with Crippen LogP contribution >= 0.6 is 12.4 Å². The zero-order valence-corrected chi connectivity index (χ0v) is 12.9. The fourth-order valence-corrected chi connectivity index (χ4v) is 3.64. The van der Waals surface area contributed by atoms with Gasteiger partial charge in [-0.1, -0.05) is 0 Å². The second-order valence-electron chi connectivity index (χ2n) is 4.52. The lowest BCUT2D eigenvalue weighted by molar-refractivity contribution is 0.384. The van der Waals surface area contributed by atoms with Crippen molar-refractivity contribution in [3.63, 3.8) is 0 Å². The van der Waals surface area contributed by atoms with Crippen LogP contribution in [0, 0.1) is 12.7 Å². The smallest absolute Gasteiger partial charge is 0.241 e. The topological polar surface area (TPSA) is 67.4 Å². The minimum Gasteiger partial charge on any atom is -0.494 e. The van der Waals surface area contributed by atoms with Crippen LogP contribution in [0.1, 0.15) is 12.0 Å². The van der Waals surface area contributed by atoms with Crippen molar-refractivity contribution in [1.82, 2.24) is 10.0 Å². The monoisotopic (exact) mass is 324 g/mol. The van der Waals surface area contributed by atoms with Crippen molar-refractivity contribution in [3.05, 3.63) is 23.5 Å². The first-order chi connectivity index (χ1) is 8.95. The van der Waals surface area contributed by atoms with Gasteiger partial charge in [-0.2, -0.15) is 0 Å².